The topological polar surface area (TPSA) is 41.4 Å². The molecule has 1 aliphatic rings. The smallest absolute Gasteiger partial charge is 0.151 e. The van der Waals surface area contributed by atoms with Crippen molar-refractivity contribution in [1.82, 2.24) is 10.2 Å². The highest BCUT2D eigenvalue weighted by atomic mass is 19.1. The van der Waals surface area contributed by atoms with Crippen molar-refractivity contribution in [1.29, 1.82) is 0 Å². The summed E-state index contributed by atoms with van der Waals surface area (Å²) in [4.78, 5) is 6.85. The number of aliphatic imine (C=N–C) groups is 1. The SMILES string of the molecule is CCCCN(CC)c1ccc(-c2ccc(C3CCC(c4c(F)cccc4F)=N3)cc2)nn1. The minimum Gasteiger partial charge on any atom is -0.355 e. The van der Waals surface area contributed by atoms with Gasteiger partial charge in [-0.25, -0.2) is 8.78 Å². The molecule has 2 aromatic carbocycles. The zero-order valence-electron chi connectivity index (χ0n) is 18.6. The highest BCUT2D eigenvalue weighted by molar-refractivity contribution is 6.02. The highest BCUT2D eigenvalue weighted by Gasteiger charge is 2.24. The minimum absolute atomic E-state index is 0.00189. The van der Waals surface area contributed by atoms with Gasteiger partial charge < -0.3 is 4.90 Å². The van der Waals surface area contributed by atoms with Gasteiger partial charge in [-0.3, -0.25) is 4.99 Å². The summed E-state index contributed by atoms with van der Waals surface area (Å²) in [7, 11) is 0. The van der Waals surface area contributed by atoms with Gasteiger partial charge in [0.1, 0.15) is 11.6 Å². The van der Waals surface area contributed by atoms with Gasteiger partial charge >= 0.3 is 0 Å². The standard InChI is InChI=1S/C26H28F2N4/c1-3-5-17-32(4-2)25-16-15-23(30-31-25)19-11-9-18(10-12-19)22-13-14-24(29-22)26-20(27)7-6-8-21(26)28/h6-12,15-16,22H,3-5,13-14,17H2,1-2H3. The maximum absolute atomic E-state index is 14.1. The van der Waals surface area contributed by atoms with Crippen LogP contribution in [0.15, 0.2) is 59.6 Å². The van der Waals surface area contributed by atoms with Gasteiger partial charge in [0.15, 0.2) is 5.82 Å². The van der Waals surface area contributed by atoms with Crippen LogP contribution in [-0.4, -0.2) is 29.0 Å². The van der Waals surface area contributed by atoms with E-state index < -0.39 is 11.6 Å². The molecule has 0 saturated heterocycles. The fourth-order valence-electron chi connectivity index (χ4n) is 4.10. The minimum atomic E-state index is -0.557. The predicted octanol–water partition coefficient (Wildman–Crippen LogP) is 6.37. The van der Waals surface area contributed by atoms with E-state index in [1.165, 1.54) is 18.2 Å². The number of halogens is 2. The van der Waals surface area contributed by atoms with Crippen LogP contribution in [0.3, 0.4) is 0 Å². The van der Waals surface area contributed by atoms with E-state index in [0.29, 0.717) is 12.1 Å². The van der Waals surface area contributed by atoms with Gasteiger partial charge in [-0.2, -0.15) is 0 Å². The maximum atomic E-state index is 14.1. The normalized spacial score (nSPS) is 15.6. The molecular weight excluding hydrogens is 406 g/mol. The van der Waals surface area contributed by atoms with Crippen molar-refractivity contribution in [2.75, 3.05) is 18.0 Å². The molecule has 0 N–H and O–H groups in total. The number of anilines is 1. The van der Waals surface area contributed by atoms with E-state index in [4.69, 9.17) is 0 Å². The van der Waals surface area contributed by atoms with Crippen molar-refractivity contribution in [3.8, 4) is 11.3 Å². The molecule has 1 aromatic heterocycles. The predicted molar refractivity (Wildman–Crippen MR) is 125 cm³/mol. The molecule has 1 aliphatic heterocycles. The quantitative estimate of drug-likeness (QED) is 0.413. The van der Waals surface area contributed by atoms with E-state index in [1.807, 2.05) is 36.4 Å². The molecule has 166 valence electrons. The summed E-state index contributed by atoms with van der Waals surface area (Å²) in [6, 6.07) is 15.9. The number of aromatic nitrogens is 2. The Kier molecular flexibility index (Phi) is 6.88. The molecule has 0 amide bonds. The lowest BCUT2D eigenvalue weighted by atomic mass is 10.0. The molecule has 6 heteroatoms. The van der Waals surface area contributed by atoms with Crippen molar-refractivity contribution < 1.29 is 8.78 Å². The van der Waals surface area contributed by atoms with Crippen LogP contribution in [0.25, 0.3) is 11.3 Å². The van der Waals surface area contributed by atoms with E-state index in [2.05, 4.69) is 33.9 Å². The fraction of sp³-hybridized carbons (Fsp3) is 0.346. The molecule has 1 unspecified atom stereocenters. The van der Waals surface area contributed by atoms with Crippen molar-refractivity contribution >= 4 is 11.5 Å². The van der Waals surface area contributed by atoms with E-state index >= 15 is 0 Å². The first kappa shape index (κ1) is 22.1. The largest absolute Gasteiger partial charge is 0.355 e. The first-order valence-electron chi connectivity index (χ1n) is 11.3. The van der Waals surface area contributed by atoms with Crippen LogP contribution >= 0.6 is 0 Å². The van der Waals surface area contributed by atoms with Gasteiger partial charge in [-0.1, -0.05) is 43.7 Å². The first-order chi connectivity index (χ1) is 15.6. The van der Waals surface area contributed by atoms with Crippen LogP contribution < -0.4 is 4.90 Å². The lowest BCUT2D eigenvalue weighted by molar-refractivity contribution is 0.578. The van der Waals surface area contributed by atoms with E-state index in [0.717, 1.165) is 55.0 Å². The highest BCUT2D eigenvalue weighted by Crippen LogP contribution is 2.33. The first-order valence-corrected chi connectivity index (χ1v) is 11.3. The van der Waals surface area contributed by atoms with Crippen molar-refractivity contribution in [3.05, 3.63) is 77.4 Å². The van der Waals surface area contributed by atoms with Gasteiger partial charge in [-0.15, -0.1) is 10.2 Å². The third-order valence-electron chi connectivity index (χ3n) is 5.95. The molecule has 0 fully saturated rings. The monoisotopic (exact) mass is 434 g/mol. The third kappa shape index (κ3) is 4.69. The van der Waals surface area contributed by atoms with E-state index in [1.54, 1.807) is 0 Å². The van der Waals surface area contributed by atoms with Crippen molar-refractivity contribution in [2.24, 2.45) is 4.99 Å². The van der Waals surface area contributed by atoms with Gasteiger partial charge in [0.25, 0.3) is 0 Å². The Morgan fingerprint density at radius 2 is 1.69 bits per heavy atom. The van der Waals surface area contributed by atoms with Crippen molar-refractivity contribution in [2.45, 2.75) is 45.6 Å². The third-order valence-corrected chi connectivity index (χ3v) is 5.95. The molecule has 1 atom stereocenters. The van der Waals surface area contributed by atoms with E-state index in [-0.39, 0.29) is 11.6 Å². The van der Waals surface area contributed by atoms with Crippen LogP contribution in [0.1, 0.15) is 56.7 Å². The molecule has 0 saturated carbocycles. The van der Waals surface area contributed by atoms with Gasteiger partial charge in [0.05, 0.1) is 17.3 Å². The molecule has 4 rings (SSSR count). The summed E-state index contributed by atoms with van der Waals surface area (Å²) in [6.07, 6.45) is 3.58. The number of rotatable bonds is 8. The average Bonchev–Trinajstić information content (AvgIpc) is 3.30. The summed E-state index contributed by atoms with van der Waals surface area (Å²) in [5, 5.41) is 8.84. The molecule has 4 nitrogen and oxygen atoms in total. The molecule has 0 bridgehead atoms. The maximum Gasteiger partial charge on any atom is 0.151 e. The molecule has 2 heterocycles. The summed E-state index contributed by atoms with van der Waals surface area (Å²) in [5.74, 6) is -0.217. The Hall–Kier alpha value is -3.15. The Morgan fingerprint density at radius 1 is 0.938 bits per heavy atom. The van der Waals surface area contributed by atoms with Gasteiger partial charge in [-0.05, 0) is 56.0 Å². The van der Waals surface area contributed by atoms with Crippen LogP contribution in [0.5, 0.6) is 0 Å². The Bertz CT molecular complexity index is 1060. The van der Waals surface area contributed by atoms with Gasteiger partial charge in [0.2, 0.25) is 0 Å². The molecular formula is C26H28F2N4. The summed E-state index contributed by atoms with van der Waals surface area (Å²) in [6.45, 7) is 6.20. The summed E-state index contributed by atoms with van der Waals surface area (Å²) < 4.78 is 28.2. The lowest BCUT2D eigenvalue weighted by Gasteiger charge is -2.21. The van der Waals surface area contributed by atoms with Crippen LogP contribution in [0.4, 0.5) is 14.6 Å². The van der Waals surface area contributed by atoms with Crippen LogP contribution in [0, 0.1) is 11.6 Å². The second-order valence-corrected chi connectivity index (χ2v) is 8.06. The number of nitrogens with zero attached hydrogens (tertiary/aromatic N) is 4. The van der Waals surface area contributed by atoms with E-state index in [9.17, 15) is 8.78 Å². The summed E-state index contributed by atoms with van der Waals surface area (Å²) >= 11 is 0. The molecule has 0 aliphatic carbocycles. The second kappa shape index (κ2) is 9.98. The number of hydrogen-bond acceptors (Lipinski definition) is 4. The average molecular weight is 435 g/mol. The number of hydrogen-bond donors (Lipinski definition) is 0. The Morgan fingerprint density at radius 3 is 2.31 bits per heavy atom. The molecule has 3 aromatic rings. The second-order valence-electron chi connectivity index (χ2n) is 8.06. The zero-order chi connectivity index (χ0) is 22.5. The van der Waals surface area contributed by atoms with Crippen LogP contribution in [0.2, 0.25) is 0 Å². The Balaban J connectivity index is 1.48. The van der Waals surface area contributed by atoms with Gasteiger partial charge in [0, 0.05) is 24.4 Å². The number of unbranched alkanes of at least 4 members (excludes halogenated alkanes) is 1. The zero-order valence-corrected chi connectivity index (χ0v) is 18.6. The molecule has 0 spiro atoms. The number of benzene rings is 2. The summed E-state index contributed by atoms with van der Waals surface area (Å²) in [5.41, 5.74) is 3.33. The van der Waals surface area contributed by atoms with Crippen molar-refractivity contribution in [3.63, 3.8) is 0 Å². The van der Waals surface area contributed by atoms with Crippen LogP contribution in [-0.2, 0) is 0 Å². The Labute approximate surface area is 188 Å². The molecule has 32 heavy (non-hydrogen) atoms. The molecule has 0 radical (unpaired) electrons. The lowest BCUT2D eigenvalue weighted by Crippen LogP contribution is -2.25. The fourth-order valence-corrected chi connectivity index (χ4v) is 4.10.